The third kappa shape index (κ3) is 3.40. The van der Waals surface area contributed by atoms with Crippen LogP contribution in [0.4, 0.5) is 5.69 Å². The summed E-state index contributed by atoms with van der Waals surface area (Å²) in [7, 11) is 0. The molecule has 2 aliphatic rings. The van der Waals surface area contributed by atoms with Crippen molar-refractivity contribution in [3.05, 3.63) is 102 Å². The molecule has 7 nitrogen and oxygen atoms in total. The summed E-state index contributed by atoms with van der Waals surface area (Å²) in [6.45, 7) is 0.827. The van der Waals surface area contributed by atoms with Gasteiger partial charge in [-0.2, -0.15) is 0 Å². The number of aliphatic hydroxyl groups excluding tert-OH is 1. The van der Waals surface area contributed by atoms with E-state index in [0.29, 0.717) is 41.5 Å². The van der Waals surface area contributed by atoms with Gasteiger partial charge in [-0.3, -0.25) is 19.5 Å². The number of rotatable bonds is 3. The highest BCUT2D eigenvalue weighted by Crippen LogP contribution is 2.44. The topological polar surface area (TPSA) is 89.0 Å². The fourth-order valence-corrected chi connectivity index (χ4v) is 4.70. The smallest absolute Gasteiger partial charge is 0.300 e. The summed E-state index contributed by atoms with van der Waals surface area (Å²) in [4.78, 5) is 32.6. The normalized spacial score (nSPS) is 18.7. The van der Waals surface area contributed by atoms with Crippen LogP contribution < -0.4 is 14.4 Å². The monoisotopic (exact) mass is 464 g/mol. The molecule has 1 aromatic heterocycles. The lowest BCUT2D eigenvalue weighted by Gasteiger charge is -2.26. The van der Waals surface area contributed by atoms with Crippen LogP contribution in [0.2, 0.25) is 0 Å². The largest absolute Gasteiger partial charge is 0.507 e. The minimum atomic E-state index is -0.859. The third-order valence-corrected chi connectivity index (χ3v) is 6.29. The van der Waals surface area contributed by atoms with Crippen molar-refractivity contribution in [1.29, 1.82) is 0 Å². The fraction of sp³-hybridized carbons (Fsp3) is 0.107. The number of hydrogen-bond donors (Lipinski definition) is 1. The highest BCUT2D eigenvalue weighted by Gasteiger charge is 2.47. The summed E-state index contributed by atoms with van der Waals surface area (Å²) in [5, 5.41) is 13.1. The summed E-state index contributed by atoms with van der Waals surface area (Å²) >= 11 is 0. The fourth-order valence-electron chi connectivity index (χ4n) is 4.70. The van der Waals surface area contributed by atoms with Gasteiger partial charge in [-0.1, -0.05) is 42.5 Å². The van der Waals surface area contributed by atoms with Crippen molar-refractivity contribution in [2.75, 3.05) is 18.1 Å². The van der Waals surface area contributed by atoms with E-state index in [4.69, 9.17) is 9.47 Å². The molecule has 35 heavy (non-hydrogen) atoms. The Bertz CT molecular complexity index is 1510. The quantitative estimate of drug-likeness (QED) is 0.270. The molecule has 1 amide bonds. The van der Waals surface area contributed by atoms with Gasteiger partial charge in [-0.15, -0.1) is 0 Å². The second-order valence-electron chi connectivity index (χ2n) is 8.31. The number of Topliss-reactive ketones (excluding diaryl/α,β-unsaturated/α-hetero) is 1. The molecule has 3 aromatic carbocycles. The van der Waals surface area contributed by atoms with Gasteiger partial charge in [0.1, 0.15) is 19.0 Å². The van der Waals surface area contributed by atoms with Gasteiger partial charge < -0.3 is 14.6 Å². The Morgan fingerprint density at radius 2 is 1.71 bits per heavy atom. The minimum absolute atomic E-state index is 0.00684. The minimum Gasteiger partial charge on any atom is -0.507 e. The molecule has 0 spiro atoms. The second-order valence-corrected chi connectivity index (χ2v) is 8.31. The standard InChI is InChI=1S/C28H20N2O5/c31-26(18-10-11-22-23(15-18)35-14-13-34-22)24-25(19-7-4-12-29-16-19)30(28(33)27(24)32)21-9-3-6-17-5-1-2-8-20(17)21/h1-12,15-16,25,31H,13-14H2/b26-24+. The third-order valence-electron chi connectivity index (χ3n) is 6.29. The molecule has 0 bridgehead atoms. The molecule has 0 saturated carbocycles. The average molecular weight is 464 g/mol. The number of aliphatic hydroxyl groups is 1. The molecule has 0 aliphatic carbocycles. The molecular weight excluding hydrogens is 444 g/mol. The van der Waals surface area contributed by atoms with Crippen LogP contribution in [0.5, 0.6) is 11.5 Å². The van der Waals surface area contributed by atoms with Crippen LogP contribution in [0, 0.1) is 0 Å². The van der Waals surface area contributed by atoms with Crippen molar-refractivity contribution < 1.29 is 24.2 Å². The molecule has 0 radical (unpaired) electrons. The number of ketones is 1. The van der Waals surface area contributed by atoms with E-state index in [-0.39, 0.29) is 11.3 Å². The zero-order valence-electron chi connectivity index (χ0n) is 18.5. The molecule has 1 unspecified atom stereocenters. The Morgan fingerprint density at radius 1 is 0.914 bits per heavy atom. The first-order chi connectivity index (χ1) is 17.1. The maximum atomic E-state index is 13.5. The zero-order valence-corrected chi connectivity index (χ0v) is 18.5. The Labute approximate surface area is 200 Å². The average Bonchev–Trinajstić information content (AvgIpc) is 3.18. The summed E-state index contributed by atoms with van der Waals surface area (Å²) in [5.74, 6) is -0.722. The number of hydrogen-bond acceptors (Lipinski definition) is 6. The molecule has 2 aliphatic heterocycles. The van der Waals surface area contributed by atoms with Crippen LogP contribution in [-0.4, -0.2) is 35.0 Å². The number of ether oxygens (including phenoxy) is 2. The predicted octanol–water partition coefficient (Wildman–Crippen LogP) is 4.63. The Hall–Kier alpha value is -4.65. The molecule has 1 N–H and O–H groups in total. The lowest BCUT2D eigenvalue weighted by molar-refractivity contribution is -0.132. The molecule has 3 heterocycles. The van der Waals surface area contributed by atoms with Crippen LogP contribution in [0.25, 0.3) is 16.5 Å². The van der Waals surface area contributed by atoms with Gasteiger partial charge >= 0.3 is 0 Å². The van der Waals surface area contributed by atoms with Gasteiger partial charge in [0.2, 0.25) is 0 Å². The van der Waals surface area contributed by atoms with Gasteiger partial charge in [0.15, 0.2) is 11.5 Å². The van der Waals surface area contributed by atoms with E-state index >= 15 is 0 Å². The van der Waals surface area contributed by atoms with Crippen LogP contribution in [-0.2, 0) is 9.59 Å². The maximum Gasteiger partial charge on any atom is 0.300 e. The summed E-state index contributed by atoms with van der Waals surface area (Å²) < 4.78 is 11.2. The van der Waals surface area contributed by atoms with E-state index in [1.54, 1.807) is 48.8 Å². The number of pyridine rings is 1. The highest BCUT2D eigenvalue weighted by atomic mass is 16.6. The summed E-state index contributed by atoms with van der Waals surface area (Å²) in [6.07, 6.45) is 3.22. The van der Waals surface area contributed by atoms with Crippen molar-refractivity contribution in [3.8, 4) is 11.5 Å². The number of anilines is 1. The van der Waals surface area contributed by atoms with Crippen molar-refractivity contribution >= 4 is 33.9 Å². The van der Waals surface area contributed by atoms with E-state index in [9.17, 15) is 14.7 Å². The van der Waals surface area contributed by atoms with E-state index in [1.807, 2.05) is 36.4 Å². The lowest BCUT2D eigenvalue weighted by atomic mass is 9.95. The molecule has 6 rings (SSSR count). The number of carbonyl (C=O) groups excluding carboxylic acids is 2. The Morgan fingerprint density at radius 3 is 2.54 bits per heavy atom. The first-order valence-electron chi connectivity index (χ1n) is 11.2. The van der Waals surface area contributed by atoms with Crippen molar-refractivity contribution in [1.82, 2.24) is 4.98 Å². The predicted molar refractivity (Wildman–Crippen MR) is 130 cm³/mol. The maximum absolute atomic E-state index is 13.5. The molecular formula is C28H20N2O5. The second kappa shape index (κ2) is 8.29. The van der Waals surface area contributed by atoms with Crippen molar-refractivity contribution in [2.45, 2.75) is 6.04 Å². The van der Waals surface area contributed by atoms with Crippen LogP contribution in [0.1, 0.15) is 17.2 Å². The van der Waals surface area contributed by atoms with Crippen molar-refractivity contribution in [3.63, 3.8) is 0 Å². The summed E-state index contributed by atoms with van der Waals surface area (Å²) in [6, 6.07) is 20.9. The number of carbonyl (C=O) groups is 2. The highest BCUT2D eigenvalue weighted by molar-refractivity contribution is 6.52. The molecule has 7 heteroatoms. The Kier molecular flexibility index (Phi) is 4.95. The van der Waals surface area contributed by atoms with E-state index in [2.05, 4.69) is 4.98 Å². The number of amides is 1. The zero-order chi connectivity index (χ0) is 23.9. The molecule has 172 valence electrons. The first-order valence-corrected chi connectivity index (χ1v) is 11.2. The lowest BCUT2D eigenvalue weighted by Crippen LogP contribution is -2.29. The van der Waals surface area contributed by atoms with Crippen LogP contribution in [0.15, 0.2) is 90.8 Å². The van der Waals surface area contributed by atoms with E-state index in [0.717, 1.165) is 10.8 Å². The number of aromatic nitrogens is 1. The number of fused-ring (bicyclic) bond motifs is 2. The van der Waals surface area contributed by atoms with E-state index < -0.39 is 17.7 Å². The van der Waals surface area contributed by atoms with Crippen LogP contribution >= 0.6 is 0 Å². The van der Waals surface area contributed by atoms with Gasteiger partial charge in [0, 0.05) is 23.3 Å². The molecule has 4 aromatic rings. The van der Waals surface area contributed by atoms with Gasteiger partial charge in [-0.25, -0.2) is 0 Å². The van der Waals surface area contributed by atoms with Gasteiger partial charge in [0.05, 0.1) is 17.3 Å². The van der Waals surface area contributed by atoms with Gasteiger partial charge in [0.25, 0.3) is 11.7 Å². The SMILES string of the molecule is O=C1C(=O)N(c2cccc3ccccc23)C(c2cccnc2)/C1=C(\O)c1ccc2c(c1)OCCO2. The van der Waals surface area contributed by atoms with Crippen molar-refractivity contribution in [2.24, 2.45) is 0 Å². The molecule has 1 saturated heterocycles. The molecule has 1 atom stereocenters. The van der Waals surface area contributed by atoms with E-state index in [1.165, 1.54) is 4.90 Å². The first kappa shape index (κ1) is 20.9. The summed E-state index contributed by atoms with van der Waals surface area (Å²) in [5.41, 5.74) is 1.55. The van der Waals surface area contributed by atoms with Crippen LogP contribution in [0.3, 0.4) is 0 Å². The molecule has 1 fully saturated rings. The number of nitrogens with zero attached hydrogens (tertiary/aromatic N) is 2. The Balaban J connectivity index is 1.57. The number of benzene rings is 3. The van der Waals surface area contributed by atoms with Gasteiger partial charge in [-0.05, 0) is 41.3 Å².